The van der Waals surface area contributed by atoms with Gasteiger partial charge in [0.2, 0.25) is 5.03 Å². The summed E-state index contributed by atoms with van der Waals surface area (Å²) in [7, 11) is -2.87. The molecule has 3 aliphatic rings. The van der Waals surface area contributed by atoms with E-state index < -0.39 is 33.4 Å². The van der Waals surface area contributed by atoms with Crippen LogP contribution in [0, 0.1) is 11.6 Å². The van der Waals surface area contributed by atoms with Crippen molar-refractivity contribution in [1.82, 2.24) is 39.7 Å². The van der Waals surface area contributed by atoms with Gasteiger partial charge >= 0.3 is 6.01 Å². The Morgan fingerprint density at radius 2 is 2.00 bits per heavy atom. The second kappa shape index (κ2) is 12.7. The number of ether oxygens (including phenoxy) is 1. The zero-order valence-corrected chi connectivity index (χ0v) is 29.0. The number of benzene rings is 2. The van der Waals surface area contributed by atoms with E-state index in [1.54, 1.807) is 11.6 Å². The molecule has 2 atom stereocenters. The van der Waals surface area contributed by atoms with Crippen molar-refractivity contribution in [1.29, 1.82) is 0 Å². The molecule has 0 radical (unpaired) electrons. The lowest BCUT2D eigenvalue weighted by Crippen LogP contribution is -2.43. The molecule has 268 valence electrons. The second-order valence-corrected chi connectivity index (χ2v) is 15.3. The van der Waals surface area contributed by atoms with Gasteiger partial charge in [0.1, 0.15) is 35.6 Å². The normalized spacial score (nSPS) is 20.9. The summed E-state index contributed by atoms with van der Waals surface area (Å²) >= 11 is 0. The first-order valence-corrected chi connectivity index (χ1v) is 18.6. The Balaban J connectivity index is 1.38. The van der Waals surface area contributed by atoms with E-state index in [0.29, 0.717) is 60.9 Å². The van der Waals surface area contributed by atoms with Crippen LogP contribution in [0.2, 0.25) is 0 Å². The molecule has 5 aromatic rings. The monoisotopic (exact) mass is 722 g/mol. The molecule has 2 saturated heterocycles. The molecule has 12 nitrogen and oxygen atoms in total. The molecule has 51 heavy (non-hydrogen) atoms. The van der Waals surface area contributed by atoms with Crippen LogP contribution in [-0.4, -0.2) is 88.2 Å². The molecule has 3 aromatic heterocycles. The van der Waals surface area contributed by atoms with Gasteiger partial charge in [-0.1, -0.05) is 13.0 Å². The smallest absolute Gasteiger partial charge is 0.317 e. The van der Waals surface area contributed by atoms with Crippen molar-refractivity contribution in [2.75, 3.05) is 33.3 Å². The van der Waals surface area contributed by atoms with Gasteiger partial charge in [-0.05, 0) is 80.4 Å². The van der Waals surface area contributed by atoms with Gasteiger partial charge in [0.25, 0.3) is 10.0 Å². The molecule has 8 rings (SSSR count). The maximum Gasteiger partial charge on any atom is 0.317 e. The lowest BCUT2D eigenvalue weighted by Gasteiger charge is -2.30. The average Bonchev–Trinajstić information content (AvgIpc) is 3.71. The Bertz CT molecular complexity index is 2320. The number of phenolic OH excluding ortho intramolecular Hbond substituents is 1. The van der Waals surface area contributed by atoms with E-state index in [1.165, 1.54) is 37.5 Å². The highest BCUT2D eigenvalue weighted by molar-refractivity contribution is 7.89. The number of nitrogens with zero attached hydrogens (tertiary/aromatic N) is 6. The predicted octanol–water partition coefficient (Wildman–Crippen LogP) is 4.61. The Labute approximate surface area is 292 Å². The molecule has 6 heterocycles. The number of alkyl halides is 1. The Hall–Kier alpha value is -4.38. The van der Waals surface area contributed by atoms with Crippen molar-refractivity contribution in [2.24, 2.45) is 0 Å². The highest BCUT2D eigenvalue weighted by Crippen LogP contribution is 2.43. The third-order valence-corrected chi connectivity index (χ3v) is 11.8. The van der Waals surface area contributed by atoms with Crippen LogP contribution in [0.3, 0.4) is 0 Å². The number of aryl methyl sites for hydroxylation is 2. The van der Waals surface area contributed by atoms with Gasteiger partial charge in [-0.2, -0.15) is 15.1 Å². The number of rotatable bonds is 8. The van der Waals surface area contributed by atoms with Gasteiger partial charge in [0.15, 0.2) is 5.82 Å². The lowest BCUT2D eigenvalue weighted by molar-refractivity contribution is 0.107. The number of sulfonamides is 1. The molecule has 16 heteroatoms. The number of pyridine rings is 1. The first-order valence-electron chi connectivity index (χ1n) is 17.1. The number of aromatic hydroxyl groups is 1. The zero-order chi connectivity index (χ0) is 35.7. The Morgan fingerprint density at radius 1 is 1.16 bits per heavy atom. The summed E-state index contributed by atoms with van der Waals surface area (Å²) in [6.45, 7) is 4.22. The van der Waals surface area contributed by atoms with E-state index in [1.807, 2.05) is 0 Å². The van der Waals surface area contributed by atoms with Gasteiger partial charge < -0.3 is 15.2 Å². The topological polar surface area (TPSA) is 147 Å². The zero-order valence-electron chi connectivity index (χ0n) is 28.1. The standard InChI is InChI=1S/C35H37F3N8O4S/c1-3-22-25(37)7-6-19-12-21(47)13-23(27(19)22)31-29(38)32-24(15-41-31)30(28-26-16-40-9-5-11-46(26)44-33(28)51(48,49)39-2)42-34(43-32)50-18-35-8-4-10-45(35)17-20(36)14-35/h6-7,12-13,15,20,39-40,47H,3-5,8-11,14,16-18H2,1-2H3/t20-,35+/m1/s1. The number of fused-ring (bicyclic) bond motifs is 4. The molecule has 2 fully saturated rings. The Morgan fingerprint density at radius 3 is 2.80 bits per heavy atom. The van der Waals surface area contributed by atoms with Crippen LogP contribution in [0.4, 0.5) is 13.2 Å². The minimum absolute atomic E-state index is 0.0448. The molecule has 0 saturated carbocycles. The summed E-state index contributed by atoms with van der Waals surface area (Å²) in [5.41, 5.74) is 0.208. The van der Waals surface area contributed by atoms with Gasteiger partial charge in [-0.15, -0.1) is 0 Å². The summed E-state index contributed by atoms with van der Waals surface area (Å²) in [6.07, 6.45) is 3.20. The van der Waals surface area contributed by atoms with E-state index in [-0.39, 0.29) is 69.8 Å². The van der Waals surface area contributed by atoms with Crippen LogP contribution in [0.1, 0.15) is 43.9 Å². The van der Waals surface area contributed by atoms with Crippen LogP contribution < -0.4 is 14.8 Å². The van der Waals surface area contributed by atoms with Crippen LogP contribution in [0.15, 0.2) is 35.5 Å². The van der Waals surface area contributed by atoms with Gasteiger partial charge in [0.05, 0.1) is 22.5 Å². The van der Waals surface area contributed by atoms with Gasteiger partial charge in [-0.25, -0.2) is 26.3 Å². The summed E-state index contributed by atoms with van der Waals surface area (Å²) in [5.74, 6) is -1.55. The summed E-state index contributed by atoms with van der Waals surface area (Å²) in [4.78, 5) is 15.8. The maximum absolute atomic E-state index is 17.2. The molecule has 3 N–H and O–H groups in total. The summed E-state index contributed by atoms with van der Waals surface area (Å²) in [5, 5.41) is 19.1. The molecule has 2 aromatic carbocycles. The number of aromatic nitrogens is 5. The highest BCUT2D eigenvalue weighted by atomic mass is 32.2. The fraction of sp³-hybridized carbons (Fsp3) is 0.429. The van der Waals surface area contributed by atoms with Gasteiger partial charge in [-0.3, -0.25) is 14.6 Å². The first kappa shape index (κ1) is 33.7. The minimum Gasteiger partial charge on any atom is -0.508 e. The van der Waals surface area contributed by atoms with E-state index >= 15 is 8.78 Å². The third kappa shape index (κ3) is 5.59. The van der Waals surface area contributed by atoms with E-state index in [9.17, 15) is 17.9 Å². The number of hydrogen-bond acceptors (Lipinski definition) is 10. The van der Waals surface area contributed by atoms with Crippen molar-refractivity contribution in [3.63, 3.8) is 0 Å². The SMILES string of the molecule is CCc1c(F)ccc2cc(O)cc(-c3ncc4c(-c5c(S(=O)(=O)NC)nn6c5CNCCC6)nc(OC[C@@]56CCCN5C[C@H](F)C6)nc4c3F)c12. The summed E-state index contributed by atoms with van der Waals surface area (Å²) < 4.78 is 84.0. The molecule has 0 spiro atoms. The fourth-order valence-electron chi connectivity index (χ4n) is 8.08. The second-order valence-electron chi connectivity index (χ2n) is 13.5. The quantitative estimate of drug-likeness (QED) is 0.208. The van der Waals surface area contributed by atoms with E-state index in [2.05, 4.69) is 30.0 Å². The van der Waals surface area contributed by atoms with Crippen molar-refractivity contribution < 1.29 is 31.4 Å². The Kier molecular flexibility index (Phi) is 8.39. The largest absolute Gasteiger partial charge is 0.508 e. The minimum atomic E-state index is -4.15. The summed E-state index contributed by atoms with van der Waals surface area (Å²) in [6, 6.07) is 5.40. The molecule has 0 unspecified atom stereocenters. The van der Waals surface area contributed by atoms with Crippen LogP contribution in [0.25, 0.3) is 44.2 Å². The van der Waals surface area contributed by atoms with Crippen molar-refractivity contribution in [3.8, 4) is 34.3 Å². The number of phenols is 1. The molecule has 0 bridgehead atoms. The number of halogens is 3. The first-order chi connectivity index (χ1) is 24.5. The number of hydrogen-bond donors (Lipinski definition) is 3. The predicted molar refractivity (Wildman–Crippen MR) is 184 cm³/mol. The van der Waals surface area contributed by atoms with E-state index in [4.69, 9.17) is 9.72 Å². The van der Waals surface area contributed by atoms with E-state index in [0.717, 1.165) is 13.0 Å². The molecular formula is C35H37F3N8O4S. The fourth-order valence-corrected chi connectivity index (χ4v) is 8.96. The maximum atomic E-state index is 17.2. The van der Waals surface area contributed by atoms with Crippen LogP contribution in [0.5, 0.6) is 11.8 Å². The lowest BCUT2D eigenvalue weighted by atomic mass is 9.94. The average molecular weight is 723 g/mol. The molecule has 0 aliphatic carbocycles. The molecule has 3 aliphatic heterocycles. The van der Waals surface area contributed by atoms with Crippen LogP contribution in [-0.2, 0) is 29.5 Å². The van der Waals surface area contributed by atoms with Gasteiger partial charge in [0, 0.05) is 43.2 Å². The number of nitrogens with one attached hydrogen (secondary N) is 2. The highest BCUT2D eigenvalue weighted by Gasteiger charge is 2.49. The van der Waals surface area contributed by atoms with Crippen molar-refractivity contribution in [3.05, 3.63) is 53.4 Å². The van der Waals surface area contributed by atoms with Crippen molar-refractivity contribution >= 4 is 31.7 Å². The molecular weight excluding hydrogens is 685 g/mol. The van der Waals surface area contributed by atoms with Crippen molar-refractivity contribution in [2.45, 2.75) is 68.9 Å². The molecule has 0 amide bonds. The van der Waals surface area contributed by atoms with Crippen LogP contribution >= 0.6 is 0 Å². The third-order valence-electron chi connectivity index (χ3n) is 10.5.